The van der Waals surface area contributed by atoms with Crippen LogP contribution in [0.1, 0.15) is 19.0 Å². The number of ether oxygens (including phenoxy) is 1. The summed E-state index contributed by atoms with van der Waals surface area (Å²) in [4.78, 5) is 22.5. The molecule has 7 heteroatoms. The molecule has 2 heterocycles. The third-order valence-corrected chi connectivity index (χ3v) is 2.63. The Morgan fingerprint density at radius 1 is 1.47 bits per heavy atom. The molecule has 0 aliphatic carbocycles. The summed E-state index contributed by atoms with van der Waals surface area (Å²) in [6.07, 6.45) is 5.42. The predicted molar refractivity (Wildman–Crippen MR) is 74.4 cm³/mol. The highest BCUT2D eigenvalue weighted by Crippen LogP contribution is 2.09. The number of nitrogens with zero attached hydrogens (tertiary/aromatic N) is 3. The fraction of sp³-hybridized carbons (Fsp3) is 0.333. The third-order valence-electron chi connectivity index (χ3n) is 1.94. The lowest BCUT2D eigenvalue weighted by molar-refractivity contribution is -0.115. The molecule has 1 N–H and O–H groups in total. The first-order chi connectivity index (χ1) is 9.15. The lowest BCUT2D eigenvalue weighted by atomic mass is 10.5. The standard InChI is InChI=1S/C6H8N2OS.C6H8N2O/c1-2-5(9)8-6-7-3-4-10-6;1-5-3-7-4-6(8-5)9-2/h3-4H,2H2,1H3,(H,7,8,9);3-4H,1-2H3. The van der Waals surface area contributed by atoms with Gasteiger partial charge in [-0.2, -0.15) is 0 Å². The molecule has 0 bridgehead atoms. The zero-order valence-corrected chi connectivity index (χ0v) is 11.9. The molecule has 0 aliphatic rings. The summed E-state index contributed by atoms with van der Waals surface area (Å²) in [7, 11) is 1.57. The van der Waals surface area contributed by atoms with Gasteiger partial charge in [0.1, 0.15) is 0 Å². The van der Waals surface area contributed by atoms with Gasteiger partial charge in [-0.1, -0.05) is 6.92 Å². The Labute approximate surface area is 115 Å². The maximum absolute atomic E-state index is 10.7. The van der Waals surface area contributed by atoms with E-state index in [0.717, 1.165) is 5.69 Å². The first-order valence-electron chi connectivity index (χ1n) is 5.67. The molecule has 102 valence electrons. The van der Waals surface area contributed by atoms with Gasteiger partial charge in [0.05, 0.1) is 19.0 Å². The highest BCUT2D eigenvalue weighted by molar-refractivity contribution is 7.13. The molecule has 19 heavy (non-hydrogen) atoms. The quantitative estimate of drug-likeness (QED) is 0.933. The van der Waals surface area contributed by atoms with Gasteiger partial charge in [-0.05, 0) is 6.92 Å². The molecule has 0 aromatic carbocycles. The fourth-order valence-electron chi connectivity index (χ4n) is 1.03. The Bertz CT molecular complexity index is 502. The number of methoxy groups -OCH3 is 1. The van der Waals surface area contributed by atoms with Gasteiger partial charge in [0.15, 0.2) is 5.13 Å². The Hall–Kier alpha value is -2.02. The zero-order valence-electron chi connectivity index (χ0n) is 11.1. The fourth-order valence-corrected chi connectivity index (χ4v) is 1.58. The van der Waals surface area contributed by atoms with Crippen molar-refractivity contribution in [2.75, 3.05) is 12.4 Å². The van der Waals surface area contributed by atoms with E-state index in [4.69, 9.17) is 4.74 Å². The third kappa shape index (κ3) is 5.91. The molecular formula is C12H16N4O2S. The van der Waals surface area contributed by atoms with Gasteiger partial charge in [0.2, 0.25) is 11.8 Å². The second kappa shape index (κ2) is 8.15. The first-order valence-corrected chi connectivity index (χ1v) is 6.55. The summed E-state index contributed by atoms with van der Waals surface area (Å²) in [6.45, 7) is 3.68. The minimum absolute atomic E-state index is 0.00921. The molecule has 0 spiro atoms. The van der Waals surface area contributed by atoms with E-state index in [9.17, 15) is 4.79 Å². The smallest absolute Gasteiger partial charge is 0.232 e. The highest BCUT2D eigenvalue weighted by atomic mass is 32.1. The molecule has 0 aliphatic heterocycles. The number of anilines is 1. The van der Waals surface area contributed by atoms with Crippen molar-refractivity contribution in [3.05, 3.63) is 29.7 Å². The lowest BCUT2D eigenvalue weighted by Gasteiger charge is -1.95. The van der Waals surface area contributed by atoms with Crippen LogP contribution in [0.3, 0.4) is 0 Å². The van der Waals surface area contributed by atoms with E-state index >= 15 is 0 Å². The van der Waals surface area contributed by atoms with E-state index < -0.39 is 0 Å². The number of carbonyl (C=O) groups excluding carboxylic acids is 1. The summed E-state index contributed by atoms with van der Waals surface area (Å²) in [5.74, 6) is 0.574. The van der Waals surface area contributed by atoms with Crippen molar-refractivity contribution in [1.82, 2.24) is 15.0 Å². The van der Waals surface area contributed by atoms with E-state index in [0.29, 0.717) is 17.4 Å². The van der Waals surface area contributed by atoms with Crippen LogP contribution in [-0.2, 0) is 4.79 Å². The highest BCUT2D eigenvalue weighted by Gasteiger charge is 1.98. The molecule has 2 rings (SSSR count). The maximum Gasteiger partial charge on any atom is 0.232 e. The van der Waals surface area contributed by atoms with Gasteiger partial charge in [0, 0.05) is 24.2 Å². The second-order valence-electron chi connectivity index (χ2n) is 3.44. The van der Waals surface area contributed by atoms with Gasteiger partial charge in [-0.25, -0.2) is 9.97 Å². The number of aryl methyl sites for hydroxylation is 1. The maximum atomic E-state index is 10.7. The van der Waals surface area contributed by atoms with Crippen molar-refractivity contribution in [2.24, 2.45) is 0 Å². The first kappa shape index (κ1) is 15.0. The minimum Gasteiger partial charge on any atom is -0.480 e. The normalized spacial score (nSPS) is 9.21. The van der Waals surface area contributed by atoms with Crippen LogP contribution in [0.25, 0.3) is 0 Å². The molecular weight excluding hydrogens is 264 g/mol. The molecule has 0 saturated heterocycles. The van der Waals surface area contributed by atoms with Gasteiger partial charge in [0.25, 0.3) is 0 Å². The van der Waals surface area contributed by atoms with E-state index in [-0.39, 0.29) is 5.91 Å². The average Bonchev–Trinajstić information content (AvgIpc) is 2.92. The molecule has 6 nitrogen and oxygen atoms in total. The summed E-state index contributed by atoms with van der Waals surface area (Å²) < 4.78 is 4.82. The molecule has 0 saturated carbocycles. The number of amides is 1. The predicted octanol–water partition coefficient (Wildman–Crippen LogP) is 2.29. The lowest BCUT2D eigenvalue weighted by Crippen LogP contribution is -2.08. The second-order valence-corrected chi connectivity index (χ2v) is 4.34. The van der Waals surface area contributed by atoms with Crippen molar-refractivity contribution in [3.8, 4) is 5.88 Å². The minimum atomic E-state index is 0.00921. The number of thiazole rings is 1. The Morgan fingerprint density at radius 2 is 2.26 bits per heavy atom. The molecule has 2 aromatic heterocycles. The van der Waals surface area contributed by atoms with Crippen molar-refractivity contribution < 1.29 is 9.53 Å². The number of nitrogens with one attached hydrogen (secondary N) is 1. The molecule has 1 amide bonds. The summed E-state index contributed by atoms with van der Waals surface area (Å²) in [6, 6.07) is 0. The van der Waals surface area contributed by atoms with Crippen molar-refractivity contribution in [1.29, 1.82) is 0 Å². The van der Waals surface area contributed by atoms with E-state index in [2.05, 4.69) is 20.3 Å². The van der Waals surface area contributed by atoms with Crippen LogP contribution in [0.4, 0.5) is 5.13 Å². The van der Waals surface area contributed by atoms with Crippen molar-refractivity contribution in [3.63, 3.8) is 0 Å². The van der Waals surface area contributed by atoms with Crippen molar-refractivity contribution in [2.45, 2.75) is 20.3 Å². The SMILES string of the molecule is CCC(=O)Nc1nccs1.COc1cncc(C)n1. The molecule has 0 radical (unpaired) electrons. The van der Waals surface area contributed by atoms with Crippen LogP contribution in [-0.4, -0.2) is 28.0 Å². The number of hydrogen-bond acceptors (Lipinski definition) is 6. The van der Waals surface area contributed by atoms with Gasteiger partial charge >= 0.3 is 0 Å². The van der Waals surface area contributed by atoms with Crippen LogP contribution >= 0.6 is 11.3 Å². The van der Waals surface area contributed by atoms with E-state index in [1.54, 1.807) is 25.7 Å². The molecule has 0 fully saturated rings. The average molecular weight is 280 g/mol. The van der Waals surface area contributed by atoms with E-state index in [1.807, 2.05) is 19.2 Å². The summed E-state index contributed by atoms with van der Waals surface area (Å²) >= 11 is 1.42. The molecule has 2 aromatic rings. The molecule has 0 atom stereocenters. The summed E-state index contributed by atoms with van der Waals surface area (Å²) in [5, 5.41) is 5.14. The van der Waals surface area contributed by atoms with Gasteiger partial charge < -0.3 is 10.1 Å². The van der Waals surface area contributed by atoms with Gasteiger partial charge in [-0.3, -0.25) is 9.78 Å². The zero-order chi connectivity index (χ0) is 14.1. The monoisotopic (exact) mass is 280 g/mol. The largest absolute Gasteiger partial charge is 0.480 e. The molecule has 0 unspecified atom stereocenters. The topological polar surface area (TPSA) is 77.0 Å². The van der Waals surface area contributed by atoms with Crippen molar-refractivity contribution >= 4 is 22.4 Å². The number of aromatic nitrogens is 3. The van der Waals surface area contributed by atoms with Crippen LogP contribution in [0.5, 0.6) is 5.88 Å². The Kier molecular flexibility index (Phi) is 6.45. The summed E-state index contributed by atoms with van der Waals surface area (Å²) in [5.41, 5.74) is 0.870. The van der Waals surface area contributed by atoms with Crippen LogP contribution in [0.2, 0.25) is 0 Å². The van der Waals surface area contributed by atoms with Crippen LogP contribution < -0.4 is 10.1 Å². The Morgan fingerprint density at radius 3 is 2.74 bits per heavy atom. The number of carbonyl (C=O) groups is 1. The Balaban J connectivity index is 0.000000191. The van der Waals surface area contributed by atoms with Crippen LogP contribution in [0.15, 0.2) is 24.0 Å². The number of hydrogen-bond donors (Lipinski definition) is 1. The van der Waals surface area contributed by atoms with E-state index in [1.165, 1.54) is 11.3 Å². The van der Waals surface area contributed by atoms with Crippen LogP contribution in [0, 0.1) is 6.92 Å². The number of rotatable bonds is 3. The van der Waals surface area contributed by atoms with Gasteiger partial charge in [-0.15, -0.1) is 11.3 Å².